The maximum absolute atomic E-state index is 14.5. The third kappa shape index (κ3) is 7.09. The van der Waals surface area contributed by atoms with E-state index in [1.54, 1.807) is 21.3 Å². The molecule has 1 aliphatic carbocycles. The van der Waals surface area contributed by atoms with Gasteiger partial charge in [0.05, 0.1) is 39.0 Å². The van der Waals surface area contributed by atoms with Crippen LogP contribution in [0.2, 0.25) is 0 Å². The van der Waals surface area contributed by atoms with Crippen LogP contribution < -0.4 is 15.2 Å². The highest BCUT2D eigenvalue weighted by Crippen LogP contribution is 2.50. The maximum Gasteiger partial charge on any atom is 0.510 e. The highest BCUT2D eigenvalue weighted by molar-refractivity contribution is 7.98. The molecule has 52 heavy (non-hydrogen) atoms. The number of benzene rings is 2. The summed E-state index contributed by atoms with van der Waals surface area (Å²) in [7, 11) is -2.63. The van der Waals surface area contributed by atoms with E-state index in [1.165, 1.54) is 12.3 Å². The summed E-state index contributed by atoms with van der Waals surface area (Å²) in [5.41, 5.74) is 1.93. The minimum atomic E-state index is -4.72. The fourth-order valence-corrected chi connectivity index (χ4v) is 8.18. The molecule has 0 radical (unpaired) electrons. The van der Waals surface area contributed by atoms with Crippen molar-refractivity contribution in [3.63, 3.8) is 0 Å². The molecule has 4 aliphatic rings. The Hall–Kier alpha value is -4.58. The lowest BCUT2D eigenvalue weighted by Gasteiger charge is -2.53. The topological polar surface area (TPSA) is 180 Å². The zero-order valence-corrected chi connectivity index (χ0v) is 29.7. The second-order valence-electron chi connectivity index (χ2n) is 11.9. The number of hydrogen-bond acceptors (Lipinski definition) is 16. The molecule has 2 atom stereocenters. The van der Waals surface area contributed by atoms with Crippen LogP contribution in [-0.4, -0.2) is 87.3 Å². The Bertz CT molecular complexity index is 1900. The van der Waals surface area contributed by atoms with E-state index in [0.29, 0.717) is 6.54 Å². The van der Waals surface area contributed by atoms with Crippen molar-refractivity contribution in [2.75, 3.05) is 52.8 Å². The number of amides is 1. The molecule has 19 heteroatoms. The number of thioether (sulfide) groups is 1. The van der Waals surface area contributed by atoms with Gasteiger partial charge in [-0.05, 0) is 35.6 Å². The number of aromatic nitrogens is 1. The van der Waals surface area contributed by atoms with Gasteiger partial charge in [0, 0.05) is 22.9 Å². The number of phosphoric ester groups is 1. The second-order valence-corrected chi connectivity index (χ2v) is 14.6. The highest BCUT2D eigenvalue weighted by Gasteiger charge is 2.56. The number of phosphoric acid groups is 1. The summed E-state index contributed by atoms with van der Waals surface area (Å²) in [6.45, 7) is -2.34. The number of carbonyl (C=O) groups is 3. The number of hydrogen-bond donors (Lipinski definition) is 0. The lowest BCUT2D eigenvalue weighted by molar-refractivity contribution is -0.0792. The van der Waals surface area contributed by atoms with Crippen molar-refractivity contribution in [2.24, 2.45) is 0 Å². The third-order valence-electron chi connectivity index (χ3n) is 8.95. The van der Waals surface area contributed by atoms with Crippen molar-refractivity contribution < 1.29 is 60.9 Å². The predicted molar refractivity (Wildman–Crippen MR) is 179 cm³/mol. The van der Waals surface area contributed by atoms with E-state index >= 15 is 0 Å². The molecule has 1 saturated heterocycles. The van der Waals surface area contributed by atoms with Gasteiger partial charge in [-0.25, -0.2) is 27.7 Å². The van der Waals surface area contributed by atoms with E-state index in [2.05, 4.69) is 43.2 Å². The summed E-state index contributed by atoms with van der Waals surface area (Å²) in [5, 5.41) is 2.04. The Balaban J connectivity index is 1.25. The zero-order chi connectivity index (χ0) is 36.5. The van der Waals surface area contributed by atoms with Gasteiger partial charge in [-0.3, -0.25) is 19.3 Å². The molecule has 1 spiro atoms. The van der Waals surface area contributed by atoms with Crippen molar-refractivity contribution in [1.82, 2.24) is 9.58 Å². The van der Waals surface area contributed by atoms with E-state index in [-0.39, 0.29) is 18.1 Å². The predicted octanol–water partition coefficient (Wildman–Crippen LogP) is 4.50. The summed E-state index contributed by atoms with van der Waals surface area (Å²) < 4.78 is 60.3. The van der Waals surface area contributed by atoms with Gasteiger partial charge in [0.1, 0.15) is 6.17 Å². The average molecular weight is 760 g/mol. The molecule has 276 valence electrons. The van der Waals surface area contributed by atoms with Crippen molar-refractivity contribution in [1.29, 1.82) is 0 Å². The number of ether oxygens (including phenoxy) is 6. The largest absolute Gasteiger partial charge is 0.510 e. The number of nitrogens with zero attached hydrogens (tertiary/aromatic N) is 3. The van der Waals surface area contributed by atoms with E-state index in [9.17, 15) is 23.7 Å². The number of fused-ring (bicyclic) bond motifs is 4. The van der Waals surface area contributed by atoms with Crippen LogP contribution in [0.25, 0.3) is 0 Å². The van der Waals surface area contributed by atoms with Gasteiger partial charge < -0.3 is 33.3 Å². The third-order valence-corrected chi connectivity index (χ3v) is 11.4. The Kier molecular flexibility index (Phi) is 10.2. The van der Waals surface area contributed by atoms with Crippen LogP contribution in [0.3, 0.4) is 0 Å². The molecule has 2 aromatic carbocycles. The number of rotatable bonds is 11. The maximum atomic E-state index is 14.5. The minimum Gasteiger partial charge on any atom is -0.460 e. The van der Waals surface area contributed by atoms with Gasteiger partial charge in [0.25, 0.3) is 5.91 Å². The standard InChI is InChI=1S/C33H34N3O14PS/c1-42-31(39)45-19-49-51(41,50-20-46-32(40)43-2)48-18-44-29-24(37)11-14-35-28(29)30(38)34-17-33(12-13-33)47-15-26(34)36(35)27-22-8-4-3-7-21(22)16-52-25-10-6-5-9-23(25)27/h3-11,14,26-27H,12-13,15-20H2,1-2H3/t26-,27+/m1/s1. The number of pyridine rings is 1. The minimum absolute atomic E-state index is 0.0865. The van der Waals surface area contributed by atoms with E-state index < -0.39 is 69.7 Å². The molecule has 2 fully saturated rings. The van der Waals surface area contributed by atoms with Gasteiger partial charge in [0.2, 0.25) is 31.6 Å². The Morgan fingerprint density at radius 3 is 2.25 bits per heavy atom. The average Bonchev–Trinajstić information content (AvgIpc) is 3.93. The van der Waals surface area contributed by atoms with Crippen molar-refractivity contribution >= 4 is 37.8 Å². The normalized spacial score (nSPS) is 19.7. The molecular weight excluding hydrogens is 725 g/mol. The van der Waals surface area contributed by atoms with Crippen LogP contribution in [0.4, 0.5) is 9.59 Å². The summed E-state index contributed by atoms with van der Waals surface area (Å²) in [6.07, 6.45) is 0.237. The fourth-order valence-electron chi connectivity index (χ4n) is 6.32. The first-order valence-electron chi connectivity index (χ1n) is 16.0. The molecule has 7 rings (SSSR count). The zero-order valence-electron chi connectivity index (χ0n) is 28.0. The first kappa shape index (κ1) is 35.8. The van der Waals surface area contributed by atoms with Crippen LogP contribution in [0, 0.1) is 0 Å². The summed E-state index contributed by atoms with van der Waals surface area (Å²) >= 11 is 1.72. The lowest BCUT2D eigenvalue weighted by Crippen LogP contribution is -2.68. The van der Waals surface area contributed by atoms with Gasteiger partial charge in [-0.15, -0.1) is 11.8 Å². The molecule has 0 unspecified atom stereocenters. The highest BCUT2D eigenvalue weighted by atomic mass is 32.2. The van der Waals surface area contributed by atoms with Gasteiger partial charge in [-0.2, -0.15) is 0 Å². The fraction of sp³-hybridized carbons (Fsp3) is 0.394. The molecule has 1 amide bonds. The van der Waals surface area contributed by atoms with Crippen LogP contribution in [0.1, 0.15) is 46.1 Å². The van der Waals surface area contributed by atoms with Crippen LogP contribution >= 0.6 is 19.6 Å². The summed E-state index contributed by atoms with van der Waals surface area (Å²) in [6, 6.07) is 17.0. The molecule has 3 aliphatic heterocycles. The molecule has 0 N–H and O–H groups in total. The van der Waals surface area contributed by atoms with Crippen molar-refractivity contribution in [2.45, 2.75) is 41.3 Å². The molecule has 4 heterocycles. The lowest BCUT2D eigenvalue weighted by atomic mass is 9.93. The van der Waals surface area contributed by atoms with Crippen LogP contribution in [0.5, 0.6) is 5.75 Å². The first-order valence-corrected chi connectivity index (χ1v) is 18.5. The molecule has 1 aromatic heterocycles. The van der Waals surface area contributed by atoms with Crippen LogP contribution in [-0.2, 0) is 47.6 Å². The smallest absolute Gasteiger partial charge is 0.460 e. The van der Waals surface area contributed by atoms with Crippen molar-refractivity contribution in [3.05, 3.63) is 93.4 Å². The Morgan fingerprint density at radius 2 is 1.56 bits per heavy atom. The number of morpholine rings is 1. The SMILES string of the molecule is COC(=O)OCOP(=O)(OCOC(=O)OC)OCOc1c2n(ccc1=O)N([C@H]1c3ccccc3CSc3ccccc31)[C@@H]1COC3(CC3)CN1C2=O. The van der Waals surface area contributed by atoms with Gasteiger partial charge in [-0.1, -0.05) is 42.5 Å². The monoisotopic (exact) mass is 759 g/mol. The molecule has 1 saturated carbocycles. The summed E-state index contributed by atoms with van der Waals surface area (Å²) in [5.74, 6) is -0.131. The van der Waals surface area contributed by atoms with Gasteiger partial charge in [0.15, 0.2) is 5.69 Å². The van der Waals surface area contributed by atoms with E-state index in [4.69, 9.17) is 23.0 Å². The molecule has 17 nitrogen and oxygen atoms in total. The van der Waals surface area contributed by atoms with Crippen LogP contribution in [0.15, 0.2) is 70.5 Å². The van der Waals surface area contributed by atoms with E-state index in [1.807, 2.05) is 29.3 Å². The molecule has 0 bridgehead atoms. The quantitative estimate of drug-likeness (QED) is 0.151. The Labute approximate surface area is 301 Å². The van der Waals surface area contributed by atoms with Crippen molar-refractivity contribution in [3.8, 4) is 5.75 Å². The molecule has 3 aromatic rings. The summed E-state index contributed by atoms with van der Waals surface area (Å²) in [4.78, 5) is 53.6. The second kappa shape index (κ2) is 14.8. The number of methoxy groups -OCH3 is 2. The van der Waals surface area contributed by atoms with Gasteiger partial charge >= 0.3 is 20.1 Å². The number of carbonyl (C=O) groups excluding carboxylic acids is 3. The Morgan fingerprint density at radius 1 is 0.904 bits per heavy atom. The first-order chi connectivity index (χ1) is 25.2. The van der Waals surface area contributed by atoms with E-state index in [0.717, 1.165) is 54.4 Å². The molecular formula is C33H34N3O14PS.